The fourth-order valence-electron chi connectivity index (χ4n) is 0.918. The van der Waals surface area contributed by atoms with Crippen molar-refractivity contribution in [1.82, 2.24) is 0 Å². The Balaban J connectivity index is 2.68. The standard InChI is InChI=1S/C9H10BIO/c1-7(5-10-2)9-4-3-8(11)6-12-9/h3,6,10H,1,5H2,2H3. The summed E-state index contributed by atoms with van der Waals surface area (Å²) in [5.74, 6) is 0.775. The molecule has 0 spiro atoms. The summed E-state index contributed by atoms with van der Waals surface area (Å²) in [5, 5.41) is 0. The van der Waals surface area contributed by atoms with Crippen LogP contribution >= 0.6 is 22.6 Å². The summed E-state index contributed by atoms with van der Waals surface area (Å²) in [4.78, 5) is 0. The largest absolute Gasteiger partial charge is 0.455 e. The van der Waals surface area contributed by atoms with Gasteiger partial charge in [-0.05, 0) is 34.5 Å². The van der Waals surface area contributed by atoms with Crippen molar-refractivity contribution in [2.45, 2.75) is 13.1 Å². The van der Waals surface area contributed by atoms with Gasteiger partial charge in [0.1, 0.15) is 13.5 Å². The highest BCUT2D eigenvalue weighted by atomic mass is 127. The van der Waals surface area contributed by atoms with Crippen LogP contribution in [0.25, 0.3) is 0 Å². The van der Waals surface area contributed by atoms with Crippen LogP contribution in [-0.4, -0.2) is 7.28 Å². The van der Waals surface area contributed by atoms with Crippen molar-refractivity contribution in [2.75, 3.05) is 0 Å². The van der Waals surface area contributed by atoms with Crippen LogP contribution in [0, 0.1) is 0 Å². The normalized spacial score (nSPS) is 14.5. The van der Waals surface area contributed by atoms with Gasteiger partial charge in [0.05, 0.1) is 3.58 Å². The fourth-order valence-corrected chi connectivity index (χ4v) is 1.20. The van der Waals surface area contributed by atoms with E-state index in [1.165, 1.54) is 0 Å². The Morgan fingerprint density at radius 3 is 3.08 bits per heavy atom. The molecule has 1 aliphatic rings. The first-order valence-electron chi connectivity index (χ1n) is 3.91. The third-order valence-electron chi connectivity index (χ3n) is 1.50. The lowest BCUT2D eigenvalue weighted by Crippen LogP contribution is -1.94. The molecule has 1 nitrogen and oxygen atoms in total. The van der Waals surface area contributed by atoms with Crippen LogP contribution in [0.15, 0.2) is 39.6 Å². The van der Waals surface area contributed by atoms with Gasteiger partial charge in [-0.1, -0.05) is 19.1 Å². The van der Waals surface area contributed by atoms with E-state index < -0.39 is 0 Å². The molecule has 0 aromatic carbocycles. The molecular formula is C9H10BIO. The van der Waals surface area contributed by atoms with Crippen molar-refractivity contribution >= 4 is 29.9 Å². The average molecular weight is 272 g/mol. The van der Waals surface area contributed by atoms with Crippen LogP contribution in [-0.2, 0) is 4.74 Å². The zero-order valence-electron chi connectivity index (χ0n) is 7.06. The molecule has 0 saturated carbocycles. The molecule has 0 amide bonds. The minimum Gasteiger partial charge on any atom is -0.455 e. The van der Waals surface area contributed by atoms with Gasteiger partial charge in [0, 0.05) is 6.08 Å². The fraction of sp³-hybridized carbons (Fsp3) is 0.222. The van der Waals surface area contributed by atoms with E-state index in [-0.39, 0.29) is 0 Å². The summed E-state index contributed by atoms with van der Waals surface area (Å²) < 4.78 is 6.37. The van der Waals surface area contributed by atoms with E-state index >= 15 is 0 Å². The Bertz CT molecular complexity index is 285. The predicted molar refractivity (Wildman–Crippen MR) is 61.7 cm³/mol. The summed E-state index contributed by atoms with van der Waals surface area (Å²) >= 11 is 2.19. The Labute approximate surface area is 87.3 Å². The van der Waals surface area contributed by atoms with Gasteiger partial charge in [-0.2, -0.15) is 0 Å². The molecular weight excluding hydrogens is 262 g/mol. The molecule has 0 N–H and O–H groups in total. The summed E-state index contributed by atoms with van der Waals surface area (Å²) in [6.45, 7) is 6.04. The Hall–Kier alpha value is -0.405. The van der Waals surface area contributed by atoms with Gasteiger partial charge in [0.25, 0.3) is 0 Å². The highest BCUT2D eigenvalue weighted by Gasteiger charge is 2.04. The second kappa shape index (κ2) is 4.58. The maximum atomic E-state index is 5.31. The average Bonchev–Trinajstić information content (AvgIpc) is 2.06. The maximum absolute atomic E-state index is 5.31. The van der Waals surface area contributed by atoms with Crippen molar-refractivity contribution in [2.24, 2.45) is 0 Å². The lowest BCUT2D eigenvalue weighted by atomic mass is 9.75. The molecule has 0 saturated heterocycles. The van der Waals surface area contributed by atoms with E-state index in [2.05, 4.69) is 41.7 Å². The molecule has 0 aromatic rings. The molecule has 3 heteroatoms. The van der Waals surface area contributed by atoms with Crippen LogP contribution in [0.1, 0.15) is 0 Å². The van der Waals surface area contributed by atoms with E-state index in [9.17, 15) is 0 Å². The summed E-state index contributed by atoms with van der Waals surface area (Å²) in [5.41, 5.74) is 4.07. The van der Waals surface area contributed by atoms with Crippen LogP contribution in [0.4, 0.5) is 0 Å². The number of rotatable bonds is 3. The molecule has 1 heterocycles. The summed E-state index contributed by atoms with van der Waals surface area (Å²) in [6, 6.07) is 0. The molecule has 0 unspecified atom stereocenters. The Morgan fingerprint density at radius 2 is 2.58 bits per heavy atom. The van der Waals surface area contributed by atoms with Crippen molar-refractivity contribution in [1.29, 1.82) is 0 Å². The Kier molecular flexibility index (Phi) is 3.69. The van der Waals surface area contributed by atoms with Crippen molar-refractivity contribution in [3.05, 3.63) is 39.6 Å². The lowest BCUT2D eigenvalue weighted by molar-refractivity contribution is 0.359. The number of ether oxygens (including phenoxy) is 1. The van der Waals surface area contributed by atoms with Crippen LogP contribution < -0.4 is 0 Å². The minimum absolute atomic E-state index is 0.775. The third kappa shape index (κ3) is 2.57. The summed E-state index contributed by atoms with van der Waals surface area (Å²) in [7, 11) is 1.09. The molecule has 0 aromatic heterocycles. The van der Waals surface area contributed by atoms with Gasteiger partial charge in [-0.25, -0.2) is 0 Å². The highest BCUT2D eigenvalue weighted by molar-refractivity contribution is 14.1. The number of hydrogen-bond donors (Lipinski definition) is 0. The van der Waals surface area contributed by atoms with E-state index in [4.69, 9.17) is 4.74 Å². The first-order valence-corrected chi connectivity index (χ1v) is 4.99. The molecule has 1 aliphatic heterocycles. The van der Waals surface area contributed by atoms with E-state index in [0.29, 0.717) is 0 Å². The van der Waals surface area contributed by atoms with Crippen LogP contribution in [0.2, 0.25) is 13.1 Å². The number of halogens is 1. The van der Waals surface area contributed by atoms with E-state index in [1.54, 1.807) is 6.26 Å². The van der Waals surface area contributed by atoms with E-state index in [1.807, 2.05) is 6.08 Å². The van der Waals surface area contributed by atoms with Crippen molar-refractivity contribution < 1.29 is 4.74 Å². The third-order valence-corrected chi connectivity index (χ3v) is 2.07. The Morgan fingerprint density at radius 1 is 1.83 bits per heavy atom. The highest BCUT2D eigenvalue weighted by Crippen LogP contribution is 2.19. The molecule has 1 rings (SSSR count). The van der Waals surface area contributed by atoms with Gasteiger partial charge >= 0.3 is 0 Å². The first-order chi connectivity index (χ1) is 5.74. The minimum atomic E-state index is 0.775. The quantitative estimate of drug-likeness (QED) is 0.436. The SMILES string of the molecule is C=C(CBC)C1=C=CC(I)=CO1. The second-order valence-corrected chi connectivity index (χ2v) is 3.84. The number of allylic oxidation sites excluding steroid dienone is 2. The lowest BCUT2D eigenvalue weighted by Gasteiger charge is -2.08. The van der Waals surface area contributed by atoms with Gasteiger partial charge in [0.2, 0.25) is 0 Å². The second-order valence-electron chi connectivity index (χ2n) is 2.59. The summed E-state index contributed by atoms with van der Waals surface area (Å²) in [6.07, 6.45) is 4.59. The predicted octanol–water partition coefficient (Wildman–Crippen LogP) is 2.79. The number of hydrogen-bond acceptors (Lipinski definition) is 1. The molecule has 0 radical (unpaired) electrons. The molecule has 0 atom stereocenters. The topological polar surface area (TPSA) is 9.23 Å². The molecule has 12 heavy (non-hydrogen) atoms. The van der Waals surface area contributed by atoms with Crippen LogP contribution in [0.5, 0.6) is 0 Å². The van der Waals surface area contributed by atoms with Crippen LogP contribution in [0.3, 0.4) is 0 Å². The van der Waals surface area contributed by atoms with Gasteiger partial charge < -0.3 is 4.74 Å². The maximum Gasteiger partial charge on any atom is 0.170 e. The molecule has 0 fully saturated rings. The van der Waals surface area contributed by atoms with E-state index in [0.717, 1.165) is 28.5 Å². The van der Waals surface area contributed by atoms with Crippen molar-refractivity contribution in [3.63, 3.8) is 0 Å². The zero-order valence-corrected chi connectivity index (χ0v) is 9.22. The van der Waals surface area contributed by atoms with Gasteiger partial charge in [-0.3, -0.25) is 0 Å². The van der Waals surface area contributed by atoms with Gasteiger partial charge in [-0.15, -0.1) is 0 Å². The monoisotopic (exact) mass is 272 g/mol. The van der Waals surface area contributed by atoms with Crippen molar-refractivity contribution in [3.8, 4) is 0 Å². The smallest absolute Gasteiger partial charge is 0.170 e. The molecule has 0 aliphatic carbocycles. The van der Waals surface area contributed by atoms with Gasteiger partial charge in [0.15, 0.2) is 5.76 Å². The zero-order chi connectivity index (χ0) is 8.97. The molecule has 62 valence electrons. The first kappa shape index (κ1) is 9.68. The molecule has 0 bridgehead atoms.